The Kier molecular flexibility index (Phi) is 10.3. The number of piperidine rings is 1. The van der Waals surface area contributed by atoms with Gasteiger partial charge < -0.3 is 20.7 Å². The maximum Gasteiger partial charge on any atom is 0.310 e. The Bertz CT molecular complexity index is 455. The van der Waals surface area contributed by atoms with Crippen molar-refractivity contribution >= 4 is 41.8 Å². The lowest BCUT2D eigenvalue weighted by atomic mass is 9.93. The lowest BCUT2D eigenvalue weighted by molar-refractivity contribution is -0.149. The molecule has 1 unspecified atom stereocenters. The number of ether oxygens (including phenoxy) is 1. The van der Waals surface area contributed by atoms with Crippen molar-refractivity contribution in [1.82, 2.24) is 10.2 Å². The molecule has 1 heterocycles. The molecule has 0 aromatic carbocycles. The number of nitrogens with two attached hydrogens (primary N) is 1. The van der Waals surface area contributed by atoms with Crippen LogP contribution in [0.5, 0.6) is 0 Å². The van der Waals surface area contributed by atoms with Crippen LogP contribution in [0.2, 0.25) is 0 Å². The maximum atomic E-state index is 12.0. The first kappa shape index (κ1) is 22.9. The molecule has 24 heavy (non-hydrogen) atoms. The van der Waals surface area contributed by atoms with Crippen LogP contribution < -0.4 is 11.1 Å². The molecule has 0 aromatic heterocycles. The summed E-state index contributed by atoms with van der Waals surface area (Å²) in [7, 11) is 0. The van der Waals surface area contributed by atoms with Crippen LogP contribution in [0.4, 0.5) is 0 Å². The zero-order valence-corrected chi connectivity index (χ0v) is 17.5. The van der Waals surface area contributed by atoms with E-state index in [1.54, 1.807) is 13.8 Å². The molecular formula is C16H31IN4O3. The largest absolute Gasteiger partial charge is 0.466 e. The molecule has 0 bridgehead atoms. The summed E-state index contributed by atoms with van der Waals surface area (Å²) in [6, 6.07) is 0. The summed E-state index contributed by atoms with van der Waals surface area (Å²) in [6.07, 6.45) is 1.74. The van der Waals surface area contributed by atoms with Gasteiger partial charge in [-0.25, -0.2) is 0 Å². The number of halogens is 1. The number of likely N-dealkylation sites (tertiary alicyclic amines) is 1. The number of hydrogen-bond donors (Lipinski definition) is 2. The number of aliphatic imine (C=N–C) groups is 1. The number of hydrogen-bond acceptors (Lipinski definition) is 4. The molecule has 1 aliphatic rings. The Balaban J connectivity index is 0.00000529. The molecule has 1 amide bonds. The van der Waals surface area contributed by atoms with Gasteiger partial charge in [0.25, 0.3) is 0 Å². The molecule has 3 N–H and O–H groups in total. The number of amides is 1. The van der Waals surface area contributed by atoms with E-state index in [9.17, 15) is 9.59 Å². The van der Waals surface area contributed by atoms with Crippen molar-refractivity contribution in [2.45, 2.75) is 40.5 Å². The predicted molar refractivity (Wildman–Crippen MR) is 105 cm³/mol. The summed E-state index contributed by atoms with van der Waals surface area (Å²) in [4.78, 5) is 30.0. The van der Waals surface area contributed by atoms with Crippen LogP contribution in [0.15, 0.2) is 4.99 Å². The molecule has 0 aromatic rings. The number of nitrogens with zero attached hydrogens (tertiary/aromatic N) is 2. The monoisotopic (exact) mass is 454 g/mol. The van der Waals surface area contributed by atoms with Crippen LogP contribution in [0.1, 0.15) is 40.5 Å². The van der Waals surface area contributed by atoms with Gasteiger partial charge in [-0.1, -0.05) is 0 Å². The fourth-order valence-electron chi connectivity index (χ4n) is 2.40. The van der Waals surface area contributed by atoms with E-state index in [0.29, 0.717) is 19.7 Å². The second-order valence-corrected chi connectivity index (χ2v) is 6.46. The zero-order chi connectivity index (χ0) is 17.5. The molecular weight excluding hydrogens is 423 g/mol. The Morgan fingerprint density at radius 3 is 2.58 bits per heavy atom. The first-order chi connectivity index (χ1) is 10.8. The fraction of sp³-hybridized carbons (Fsp3) is 0.812. The first-order valence-corrected chi connectivity index (χ1v) is 8.31. The summed E-state index contributed by atoms with van der Waals surface area (Å²) in [6.45, 7) is 10.2. The van der Waals surface area contributed by atoms with Crippen molar-refractivity contribution in [3.63, 3.8) is 0 Å². The molecule has 0 radical (unpaired) electrons. The van der Waals surface area contributed by atoms with E-state index < -0.39 is 5.41 Å². The van der Waals surface area contributed by atoms with Gasteiger partial charge in [0.2, 0.25) is 5.91 Å². The molecule has 1 rings (SSSR count). The van der Waals surface area contributed by atoms with E-state index in [-0.39, 0.29) is 41.8 Å². The number of carbonyl (C=O) groups excluding carboxylic acids is 2. The highest BCUT2D eigenvalue weighted by atomic mass is 127. The first-order valence-electron chi connectivity index (χ1n) is 8.31. The Labute approximate surface area is 161 Å². The molecule has 0 saturated carbocycles. The molecule has 1 saturated heterocycles. The highest BCUT2D eigenvalue weighted by Gasteiger charge is 2.29. The van der Waals surface area contributed by atoms with Gasteiger partial charge in [0.15, 0.2) is 5.96 Å². The predicted octanol–water partition coefficient (Wildman–Crippen LogP) is 1.36. The molecule has 8 heteroatoms. The molecule has 1 aliphatic heterocycles. The number of esters is 1. The molecule has 1 fully saturated rings. The normalized spacial score (nSPS) is 18.6. The lowest BCUT2D eigenvalue weighted by Crippen LogP contribution is -2.49. The van der Waals surface area contributed by atoms with Crippen LogP contribution in [0, 0.1) is 11.3 Å². The van der Waals surface area contributed by atoms with Gasteiger partial charge in [0.05, 0.1) is 24.5 Å². The summed E-state index contributed by atoms with van der Waals surface area (Å²) in [5.41, 5.74) is 4.70. The minimum Gasteiger partial charge on any atom is -0.466 e. The summed E-state index contributed by atoms with van der Waals surface area (Å²) < 4.78 is 5.13. The third kappa shape index (κ3) is 6.82. The van der Waals surface area contributed by atoms with E-state index in [1.165, 1.54) is 0 Å². The Hall–Kier alpha value is -1.06. The van der Waals surface area contributed by atoms with Crippen LogP contribution in [0.25, 0.3) is 0 Å². The van der Waals surface area contributed by atoms with Gasteiger partial charge in [-0.15, -0.1) is 24.0 Å². The Morgan fingerprint density at radius 2 is 2.04 bits per heavy atom. The van der Waals surface area contributed by atoms with E-state index in [4.69, 9.17) is 10.5 Å². The second-order valence-electron chi connectivity index (χ2n) is 6.46. The number of nitrogens with one attached hydrogen (secondary N) is 1. The van der Waals surface area contributed by atoms with Crippen LogP contribution in [-0.2, 0) is 14.3 Å². The molecule has 0 aliphatic carbocycles. The van der Waals surface area contributed by atoms with Gasteiger partial charge >= 0.3 is 5.97 Å². The fourth-order valence-corrected chi connectivity index (χ4v) is 2.40. The average molecular weight is 454 g/mol. The number of rotatable bonds is 6. The van der Waals surface area contributed by atoms with Crippen LogP contribution in [0.3, 0.4) is 0 Å². The SMILES string of the molecule is CCNC(=NCC(C)(C)C(N)=O)N1CCCC(C(=O)OCC)C1.I. The molecule has 7 nitrogen and oxygen atoms in total. The topological polar surface area (TPSA) is 97.0 Å². The standard InChI is InChI=1S/C16H30N4O3.HI/c1-5-18-15(19-11-16(3,4)14(17)22)20-9-7-8-12(10-20)13(21)23-6-2;/h12H,5-11H2,1-4H3,(H2,17,22)(H,18,19);1H. The van der Waals surface area contributed by atoms with Gasteiger partial charge in [-0.05, 0) is 40.5 Å². The number of guanidine groups is 1. The van der Waals surface area contributed by atoms with Crippen molar-refractivity contribution < 1.29 is 14.3 Å². The third-order valence-electron chi connectivity index (χ3n) is 3.97. The lowest BCUT2D eigenvalue weighted by Gasteiger charge is -2.34. The smallest absolute Gasteiger partial charge is 0.310 e. The van der Waals surface area contributed by atoms with E-state index in [0.717, 1.165) is 31.9 Å². The van der Waals surface area contributed by atoms with Gasteiger partial charge in [0, 0.05) is 19.6 Å². The summed E-state index contributed by atoms with van der Waals surface area (Å²) in [5.74, 6) is 0.0678. The molecule has 0 spiro atoms. The van der Waals surface area contributed by atoms with Gasteiger partial charge in [-0.3, -0.25) is 14.6 Å². The number of primary amides is 1. The average Bonchev–Trinajstić information content (AvgIpc) is 2.51. The van der Waals surface area contributed by atoms with Crippen molar-refractivity contribution in [3.05, 3.63) is 0 Å². The van der Waals surface area contributed by atoms with E-state index >= 15 is 0 Å². The van der Waals surface area contributed by atoms with E-state index in [1.807, 2.05) is 13.8 Å². The van der Waals surface area contributed by atoms with E-state index in [2.05, 4.69) is 15.2 Å². The Morgan fingerprint density at radius 1 is 1.38 bits per heavy atom. The quantitative estimate of drug-likeness (QED) is 0.274. The van der Waals surface area contributed by atoms with Crippen LogP contribution in [-0.4, -0.2) is 55.5 Å². The minimum atomic E-state index is -0.697. The van der Waals surface area contributed by atoms with Crippen molar-refractivity contribution in [3.8, 4) is 0 Å². The molecule has 140 valence electrons. The van der Waals surface area contributed by atoms with Gasteiger partial charge in [-0.2, -0.15) is 0 Å². The zero-order valence-electron chi connectivity index (χ0n) is 15.1. The summed E-state index contributed by atoms with van der Waals surface area (Å²) in [5, 5.41) is 3.23. The highest BCUT2D eigenvalue weighted by Crippen LogP contribution is 2.19. The molecule has 1 atom stereocenters. The minimum absolute atomic E-state index is 0. The number of carbonyl (C=O) groups is 2. The second kappa shape index (κ2) is 10.7. The van der Waals surface area contributed by atoms with Gasteiger partial charge in [0.1, 0.15) is 0 Å². The third-order valence-corrected chi connectivity index (χ3v) is 3.97. The maximum absolute atomic E-state index is 12.0. The van der Waals surface area contributed by atoms with Crippen molar-refractivity contribution in [2.75, 3.05) is 32.8 Å². The van der Waals surface area contributed by atoms with Crippen LogP contribution >= 0.6 is 24.0 Å². The summed E-state index contributed by atoms with van der Waals surface area (Å²) >= 11 is 0. The van der Waals surface area contributed by atoms with Crippen molar-refractivity contribution in [1.29, 1.82) is 0 Å². The van der Waals surface area contributed by atoms with Crippen molar-refractivity contribution in [2.24, 2.45) is 22.1 Å². The highest BCUT2D eigenvalue weighted by molar-refractivity contribution is 14.0.